The Kier molecular flexibility index (Phi) is 4.72. The van der Waals surface area contributed by atoms with E-state index in [1.807, 2.05) is 36.4 Å². The molecule has 26 heavy (non-hydrogen) atoms. The Hall–Kier alpha value is -3.59. The first-order chi connectivity index (χ1) is 12.5. The standard InChI is InChI=1S/C20H16N2O4/c1-12(22)16(9-21)17(23)11-26-19(24)8-14-10-25-18-7-6-13-4-2-3-5-15(13)20(14)18/h2-7,10H,8,11,22H2,1H3/b16-12+. The lowest BCUT2D eigenvalue weighted by molar-refractivity contribution is -0.146. The van der Waals surface area contributed by atoms with Gasteiger partial charge in [-0.25, -0.2) is 0 Å². The second kappa shape index (κ2) is 7.11. The van der Waals surface area contributed by atoms with E-state index in [0.717, 1.165) is 16.2 Å². The first-order valence-corrected chi connectivity index (χ1v) is 7.94. The van der Waals surface area contributed by atoms with Crippen molar-refractivity contribution in [3.8, 4) is 6.07 Å². The Balaban J connectivity index is 1.78. The largest absolute Gasteiger partial charge is 0.464 e. The highest BCUT2D eigenvalue weighted by Crippen LogP contribution is 2.30. The molecule has 0 radical (unpaired) electrons. The summed E-state index contributed by atoms with van der Waals surface area (Å²) in [5.74, 6) is -1.20. The van der Waals surface area contributed by atoms with E-state index in [1.165, 1.54) is 13.2 Å². The highest BCUT2D eigenvalue weighted by atomic mass is 16.5. The van der Waals surface area contributed by atoms with Gasteiger partial charge in [0.25, 0.3) is 0 Å². The van der Waals surface area contributed by atoms with E-state index in [-0.39, 0.29) is 17.7 Å². The normalized spacial score (nSPS) is 11.8. The molecule has 2 aromatic carbocycles. The van der Waals surface area contributed by atoms with Gasteiger partial charge in [0.2, 0.25) is 5.78 Å². The predicted molar refractivity (Wildman–Crippen MR) is 95.9 cm³/mol. The van der Waals surface area contributed by atoms with Crippen molar-refractivity contribution in [1.82, 2.24) is 0 Å². The molecule has 0 amide bonds. The number of allylic oxidation sites excluding steroid dienone is 1. The number of fused-ring (bicyclic) bond motifs is 3. The van der Waals surface area contributed by atoms with Gasteiger partial charge in [0.05, 0.1) is 12.7 Å². The fourth-order valence-corrected chi connectivity index (χ4v) is 2.80. The minimum absolute atomic E-state index is 0.0402. The summed E-state index contributed by atoms with van der Waals surface area (Å²) in [6.07, 6.45) is 1.48. The van der Waals surface area contributed by atoms with Crippen LogP contribution in [0.1, 0.15) is 12.5 Å². The van der Waals surface area contributed by atoms with Crippen LogP contribution < -0.4 is 5.73 Å². The topological polar surface area (TPSA) is 106 Å². The number of esters is 1. The molecule has 3 aromatic rings. The Bertz CT molecular complexity index is 1080. The molecule has 0 unspecified atom stereocenters. The van der Waals surface area contributed by atoms with Crippen molar-refractivity contribution >= 4 is 33.5 Å². The molecule has 6 heteroatoms. The quantitative estimate of drug-likeness (QED) is 0.431. The molecule has 130 valence electrons. The molecule has 0 aliphatic carbocycles. The van der Waals surface area contributed by atoms with Gasteiger partial charge < -0.3 is 14.9 Å². The maximum atomic E-state index is 12.1. The van der Waals surface area contributed by atoms with Crippen molar-refractivity contribution in [3.63, 3.8) is 0 Å². The van der Waals surface area contributed by atoms with Gasteiger partial charge >= 0.3 is 5.97 Å². The van der Waals surface area contributed by atoms with E-state index in [2.05, 4.69) is 0 Å². The number of ketones is 1. The number of hydrogen-bond donors (Lipinski definition) is 1. The number of rotatable bonds is 5. The van der Waals surface area contributed by atoms with Crippen molar-refractivity contribution in [1.29, 1.82) is 5.26 Å². The highest BCUT2D eigenvalue weighted by Gasteiger charge is 2.17. The molecule has 0 fully saturated rings. The summed E-state index contributed by atoms with van der Waals surface area (Å²) in [4.78, 5) is 24.0. The number of ether oxygens (including phenoxy) is 1. The van der Waals surface area contributed by atoms with Gasteiger partial charge in [0, 0.05) is 16.6 Å². The smallest absolute Gasteiger partial charge is 0.310 e. The number of nitrogens with zero attached hydrogens (tertiary/aromatic N) is 1. The summed E-state index contributed by atoms with van der Waals surface area (Å²) >= 11 is 0. The predicted octanol–water partition coefficient (Wildman–Crippen LogP) is 3.00. The van der Waals surface area contributed by atoms with Crippen LogP contribution in [0.4, 0.5) is 0 Å². The number of carbonyl (C=O) groups is 2. The Morgan fingerprint density at radius 1 is 1.23 bits per heavy atom. The molecule has 0 atom stereocenters. The first kappa shape index (κ1) is 17.2. The summed E-state index contributed by atoms with van der Waals surface area (Å²) in [5, 5.41) is 11.8. The number of benzene rings is 2. The summed E-state index contributed by atoms with van der Waals surface area (Å²) in [6, 6.07) is 13.3. The van der Waals surface area contributed by atoms with Crippen LogP contribution in [0.5, 0.6) is 0 Å². The second-order valence-electron chi connectivity index (χ2n) is 5.85. The van der Waals surface area contributed by atoms with Gasteiger partial charge in [-0.2, -0.15) is 5.26 Å². The van der Waals surface area contributed by atoms with E-state index in [0.29, 0.717) is 11.1 Å². The molecule has 3 rings (SSSR count). The summed E-state index contributed by atoms with van der Waals surface area (Å²) in [7, 11) is 0. The average Bonchev–Trinajstić information content (AvgIpc) is 3.03. The fourth-order valence-electron chi connectivity index (χ4n) is 2.80. The third-order valence-electron chi connectivity index (χ3n) is 4.02. The molecule has 2 N–H and O–H groups in total. The van der Waals surface area contributed by atoms with E-state index in [1.54, 1.807) is 6.07 Å². The number of hydrogen-bond acceptors (Lipinski definition) is 6. The number of furan rings is 1. The number of carbonyl (C=O) groups excluding carboxylic acids is 2. The van der Waals surface area contributed by atoms with Crippen LogP contribution >= 0.6 is 0 Å². The fraction of sp³-hybridized carbons (Fsp3) is 0.150. The lowest BCUT2D eigenvalue weighted by Gasteiger charge is -2.05. The molecule has 0 saturated heterocycles. The molecule has 1 heterocycles. The van der Waals surface area contributed by atoms with Crippen LogP contribution in [0.25, 0.3) is 21.7 Å². The summed E-state index contributed by atoms with van der Waals surface area (Å²) < 4.78 is 10.5. The van der Waals surface area contributed by atoms with Crippen molar-refractivity contribution in [2.75, 3.05) is 6.61 Å². The Morgan fingerprint density at radius 3 is 2.73 bits per heavy atom. The lowest BCUT2D eigenvalue weighted by atomic mass is 10.0. The molecule has 0 saturated carbocycles. The molecule has 0 aliphatic rings. The summed E-state index contributed by atoms with van der Waals surface area (Å²) in [6.45, 7) is 0.924. The van der Waals surface area contributed by atoms with Gasteiger partial charge in [-0.1, -0.05) is 30.3 Å². The zero-order valence-electron chi connectivity index (χ0n) is 14.1. The molecule has 1 aromatic heterocycles. The zero-order valence-corrected chi connectivity index (χ0v) is 14.1. The van der Waals surface area contributed by atoms with Crippen molar-refractivity contribution < 1.29 is 18.7 Å². The zero-order chi connectivity index (χ0) is 18.7. The van der Waals surface area contributed by atoms with Crippen molar-refractivity contribution in [2.45, 2.75) is 13.3 Å². The number of Topliss-reactive ketones (excluding diaryl/α,β-unsaturated/α-hetero) is 1. The van der Waals surface area contributed by atoms with E-state index in [4.69, 9.17) is 20.1 Å². The van der Waals surface area contributed by atoms with Crippen LogP contribution in [0.15, 0.2) is 58.3 Å². The third kappa shape index (κ3) is 3.28. The van der Waals surface area contributed by atoms with Crippen molar-refractivity contribution in [3.05, 3.63) is 59.5 Å². The number of nitrogens with two attached hydrogens (primary N) is 1. The van der Waals surface area contributed by atoms with Crippen LogP contribution in [0.2, 0.25) is 0 Å². The van der Waals surface area contributed by atoms with Gasteiger partial charge in [-0.15, -0.1) is 0 Å². The van der Waals surface area contributed by atoms with Crippen LogP contribution in [0, 0.1) is 11.3 Å². The third-order valence-corrected chi connectivity index (χ3v) is 4.02. The van der Waals surface area contributed by atoms with E-state index >= 15 is 0 Å². The Morgan fingerprint density at radius 2 is 2.00 bits per heavy atom. The Labute approximate surface area is 149 Å². The maximum Gasteiger partial charge on any atom is 0.310 e. The van der Waals surface area contributed by atoms with Crippen LogP contribution in [0.3, 0.4) is 0 Å². The maximum absolute atomic E-state index is 12.1. The minimum atomic E-state index is -0.622. The monoisotopic (exact) mass is 348 g/mol. The second-order valence-corrected chi connectivity index (χ2v) is 5.85. The van der Waals surface area contributed by atoms with Gasteiger partial charge in [0.1, 0.15) is 17.2 Å². The highest BCUT2D eigenvalue weighted by molar-refractivity contribution is 6.08. The molecule has 0 bridgehead atoms. The number of nitriles is 1. The summed E-state index contributed by atoms with van der Waals surface area (Å²) in [5.41, 5.74) is 6.72. The first-order valence-electron chi connectivity index (χ1n) is 7.94. The molecule has 6 nitrogen and oxygen atoms in total. The molecular weight excluding hydrogens is 332 g/mol. The van der Waals surface area contributed by atoms with E-state index in [9.17, 15) is 9.59 Å². The molecule has 0 spiro atoms. The van der Waals surface area contributed by atoms with Crippen LogP contribution in [-0.2, 0) is 20.7 Å². The van der Waals surface area contributed by atoms with Crippen molar-refractivity contribution in [2.24, 2.45) is 5.73 Å². The van der Waals surface area contributed by atoms with Gasteiger partial charge in [-0.3, -0.25) is 9.59 Å². The SMILES string of the molecule is C/C(N)=C(/C#N)C(=O)COC(=O)Cc1coc2ccc3ccccc3c12. The average molecular weight is 348 g/mol. The molecule has 0 aliphatic heterocycles. The van der Waals surface area contributed by atoms with Crippen LogP contribution in [-0.4, -0.2) is 18.4 Å². The van der Waals surface area contributed by atoms with Gasteiger partial charge in [0.15, 0.2) is 6.61 Å². The lowest BCUT2D eigenvalue weighted by Crippen LogP contribution is -2.18. The minimum Gasteiger partial charge on any atom is -0.464 e. The van der Waals surface area contributed by atoms with Gasteiger partial charge in [-0.05, 0) is 23.8 Å². The molecular formula is C20H16N2O4. The van der Waals surface area contributed by atoms with E-state index < -0.39 is 18.4 Å².